The van der Waals surface area contributed by atoms with Crippen LogP contribution in [-0.2, 0) is 0 Å². The molecule has 0 aliphatic rings. The van der Waals surface area contributed by atoms with Crippen molar-refractivity contribution in [3.05, 3.63) is 539 Å². The molecule has 0 saturated carbocycles. The maximum atomic E-state index is 7.70. The van der Waals surface area contributed by atoms with Gasteiger partial charge in [-0.2, -0.15) is 0 Å². The standard InChI is InChI=1S/C49H31N3.2C42H28N2/c1-50-39-23-27-48-45(32-39)44-30-37(22-26-47(44)51(48)40-16-7-3-8-17-40)36-21-25-46-43(29-36)42-24-20-38(31-49(42)52(46)41-18-9-4-10-19-41)35-15-11-14-34(28-35)33-12-5-2-6-13-33;1-3-14-33(15-4-1)43-39-20-9-7-18-35(39)37-27-31(22-24-41(37)43)29-12-11-13-30(26-29)32-23-25-42-38(28-32)36-19-8-10-21-40(36)44(42)34-16-5-2-6-17-34;1-3-11-33(12-4-1)43-39-17-9-7-15-35(39)37-27-31(23-25-41(37)43)29-19-21-30(22-20-29)32-24-26-42-38(28-32)36-16-8-10-18-40(36)44(42)34-13-5-2-6-14-34/h2-32H;2*1-28H. The highest BCUT2D eigenvalue weighted by Gasteiger charge is 2.23. The molecule has 28 rings (SSSR count). The van der Waals surface area contributed by atoms with E-state index in [1.165, 1.54) is 199 Å². The molecular formula is C133H87N7. The third kappa shape index (κ3) is 14.3. The summed E-state index contributed by atoms with van der Waals surface area (Å²) in [5.74, 6) is 0. The van der Waals surface area contributed by atoms with Gasteiger partial charge >= 0.3 is 0 Å². The van der Waals surface area contributed by atoms with E-state index in [9.17, 15) is 0 Å². The van der Waals surface area contributed by atoms with Crippen LogP contribution in [-0.4, -0.2) is 27.4 Å². The summed E-state index contributed by atoms with van der Waals surface area (Å²) in [4.78, 5) is 3.76. The van der Waals surface area contributed by atoms with Crippen LogP contribution >= 0.6 is 0 Å². The Morgan fingerprint density at radius 1 is 0.114 bits per heavy atom. The Balaban J connectivity index is 0.000000109. The molecule has 28 aromatic rings. The number of nitrogens with zero attached hydrogens (tertiary/aromatic N) is 7. The summed E-state index contributed by atoms with van der Waals surface area (Å²) >= 11 is 0. The minimum Gasteiger partial charge on any atom is -0.309 e. The van der Waals surface area contributed by atoms with Gasteiger partial charge < -0.3 is 27.4 Å². The van der Waals surface area contributed by atoms with Crippen molar-refractivity contribution in [2.24, 2.45) is 0 Å². The van der Waals surface area contributed by atoms with Gasteiger partial charge in [-0.3, -0.25) is 0 Å². The number of hydrogen-bond acceptors (Lipinski definition) is 0. The number of hydrogen-bond donors (Lipinski definition) is 0. The summed E-state index contributed by atoms with van der Waals surface area (Å²) in [6.07, 6.45) is 0. The van der Waals surface area contributed by atoms with Gasteiger partial charge in [0.05, 0.1) is 72.8 Å². The van der Waals surface area contributed by atoms with Gasteiger partial charge in [0.15, 0.2) is 5.69 Å². The minimum absolute atomic E-state index is 0.645. The van der Waals surface area contributed by atoms with Crippen LogP contribution in [0.15, 0.2) is 528 Å². The maximum Gasteiger partial charge on any atom is 0.188 e. The summed E-state index contributed by atoms with van der Waals surface area (Å²) in [5, 5.41) is 14.8. The molecule has 0 aliphatic heterocycles. The van der Waals surface area contributed by atoms with Crippen molar-refractivity contribution in [3.63, 3.8) is 0 Å². The predicted octanol–water partition coefficient (Wildman–Crippen LogP) is 35.9. The number of benzene rings is 22. The molecule has 6 aromatic heterocycles. The van der Waals surface area contributed by atoms with Gasteiger partial charge in [0.2, 0.25) is 0 Å². The van der Waals surface area contributed by atoms with Crippen LogP contribution in [0.1, 0.15) is 0 Å². The molecule has 7 heteroatoms. The smallest absolute Gasteiger partial charge is 0.188 e. The summed E-state index contributed by atoms with van der Waals surface area (Å²) < 4.78 is 14.1. The molecule has 0 aliphatic carbocycles. The number of para-hydroxylation sites is 10. The lowest BCUT2D eigenvalue weighted by molar-refractivity contribution is 1.18. The fraction of sp³-hybridized carbons (Fsp3) is 0. The molecule has 0 saturated heterocycles. The fourth-order valence-corrected chi connectivity index (χ4v) is 21.6. The topological polar surface area (TPSA) is 33.9 Å². The van der Waals surface area contributed by atoms with E-state index in [-0.39, 0.29) is 0 Å². The van der Waals surface area contributed by atoms with Gasteiger partial charge in [0.1, 0.15) is 0 Å². The highest BCUT2D eigenvalue weighted by Crippen LogP contribution is 2.46. The van der Waals surface area contributed by atoms with E-state index in [2.05, 4.69) is 542 Å². The van der Waals surface area contributed by atoms with Crippen molar-refractivity contribution in [2.45, 2.75) is 0 Å². The quantitative estimate of drug-likeness (QED) is 0.103. The Morgan fingerprint density at radius 3 is 0.586 bits per heavy atom. The van der Waals surface area contributed by atoms with E-state index in [1.807, 2.05) is 18.2 Å². The summed E-state index contributed by atoms with van der Waals surface area (Å²) in [5.41, 5.74) is 38.8. The second-order valence-electron chi connectivity index (χ2n) is 36.1. The second-order valence-corrected chi connectivity index (χ2v) is 36.1. The van der Waals surface area contributed by atoms with E-state index in [4.69, 9.17) is 6.57 Å². The molecule has 0 atom stereocenters. The fourth-order valence-electron chi connectivity index (χ4n) is 21.6. The lowest BCUT2D eigenvalue weighted by Gasteiger charge is -2.10. The molecule has 0 fully saturated rings. The molecular weight excluding hydrogens is 1700 g/mol. The molecule has 0 radical (unpaired) electrons. The zero-order chi connectivity index (χ0) is 92.7. The highest BCUT2D eigenvalue weighted by atomic mass is 15.0. The largest absolute Gasteiger partial charge is 0.309 e. The van der Waals surface area contributed by atoms with Crippen molar-refractivity contribution in [2.75, 3.05) is 0 Å². The first-order chi connectivity index (χ1) is 69.4. The average Bonchev–Trinajstić information content (AvgIpc) is 1.57. The lowest BCUT2D eigenvalue weighted by Crippen LogP contribution is -1.93. The molecule has 22 aromatic carbocycles. The molecule has 0 spiro atoms. The summed E-state index contributed by atoms with van der Waals surface area (Å²) in [6, 6.07) is 190. The second kappa shape index (κ2) is 34.6. The van der Waals surface area contributed by atoms with E-state index in [0.717, 1.165) is 44.3 Å². The van der Waals surface area contributed by atoms with Gasteiger partial charge in [-0.25, -0.2) is 4.85 Å². The van der Waals surface area contributed by atoms with Crippen molar-refractivity contribution < 1.29 is 0 Å². The van der Waals surface area contributed by atoms with Gasteiger partial charge in [0, 0.05) is 93.4 Å². The minimum atomic E-state index is 0.645. The van der Waals surface area contributed by atoms with Crippen LogP contribution < -0.4 is 0 Å². The van der Waals surface area contributed by atoms with Crippen molar-refractivity contribution >= 4 is 137 Å². The number of aromatic nitrogens is 6. The Labute approximate surface area is 809 Å². The van der Waals surface area contributed by atoms with Crippen molar-refractivity contribution in [3.8, 4) is 112 Å². The van der Waals surface area contributed by atoms with Crippen LogP contribution in [0.3, 0.4) is 0 Å². The van der Waals surface area contributed by atoms with Crippen molar-refractivity contribution in [1.82, 2.24) is 27.4 Å². The molecule has 0 N–H and O–H groups in total. The Hall–Kier alpha value is -18.9. The van der Waals surface area contributed by atoms with Gasteiger partial charge in [-0.1, -0.05) is 328 Å². The van der Waals surface area contributed by atoms with Crippen molar-refractivity contribution in [1.29, 1.82) is 0 Å². The molecule has 0 unspecified atom stereocenters. The first-order valence-corrected chi connectivity index (χ1v) is 47.8. The number of fused-ring (bicyclic) bond motifs is 18. The van der Waals surface area contributed by atoms with Crippen LogP contribution in [0.25, 0.3) is 248 Å². The molecule has 0 amide bonds. The third-order valence-corrected chi connectivity index (χ3v) is 28.1. The van der Waals surface area contributed by atoms with Gasteiger partial charge in [-0.15, -0.1) is 0 Å². The highest BCUT2D eigenvalue weighted by molar-refractivity contribution is 6.17. The normalized spacial score (nSPS) is 11.6. The van der Waals surface area contributed by atoms with Crippen LogP contribution in [0, 0.1) is 6.57 Å². The van der Waals surface area contributed by atoms with E-state index in [1.54, 1.807) is 0 Å². The first kappa shape index (κ1) is 81.9. The lowest BCUT2D eigenvalue weighted by atomic mass is 9.97. The van der Waals surface area contributed by atoms with E-state index in [0.29, 0.717) is 5.69 Å². The van der Waals surface area contributed by atoms with Crippen LogP contribution in [0.2, 0.25) is 0 Å². The Kier molecular flexibility index (Phi) is 20.2. The molecule has 654 valence electrons. The Bertz CT molecular complexity index is 9370. The Morgan fingerprint density at radius 2 is 0.293 bits per heavy atom. The monoisotopic (exact) mass is 1780 g/mol. The van der Waals surface area contributed by atoms with E-state index >= 15 is 0 Å². The van der Waals surface area contributed by atoms with Crippen LogP contribution in [0.4, 0.5) is 5.69 Å². The molecule has 0 bridgehead atoms. The summed E-state index contributed by atoms with van der Waals surface area (Å²) in [6.45, 7) is 7.70. The first-order valence-electron chi connectivity index (χ1n) is 47.8. The third-order valence-electron chi connectivity index (χ3n) is 28.1. The van der Waals surface area contributed by atoms with Gasteiger partial charge in [-0.05, 0) is 283 Å². The average molecular weight is 1780 g/mol. The molecule has 7 nitrogen and oxygen atoms in total. The SMILES string of the molecule is [C-]#[N+]c1ccc2c(c1)c1cc(-c3ccc4c(c3)c3ccc(-c5cccc(-c6ccccc6)c5)cc3n4-c3ccccc3)ccc1n2-c1ccccc1.c1ccc(-n2c3ccccc3c3cc(-c4ccc(-c5ccc6c(c5)c5ccccc5n6-c5ccccc5)cc4)ccc32)cc1.c1ccc(-n2c3ccccc3c3cc(-c4cccc(-c5ccc6c(c5)c5ccccc5n6-c5ccccc5)c4)ccc32)cc1. The predicted molar refractivity (Wildman–Crippen MR) is 590 cm³/mol. The molecule has 140 heavy (non-hydrogen) atoms. The zero-order valence-electron chi connectivity index (χ0n) is 76.4. The van der Waals surface area contributed by atoms with Crippen LogP contribution in [0.5, 0.6) is 0 Å². The maximum absolute atomic E-state index is 7.70. The zero-order valence-corrected chi connectivity index (χ0v) is 76.4. The summed E-state index contributed by atoms with van der Waals surface area (Å²) in [7, 11) is 0. The van der Waals surface area contributed by atoms with Gasteiger partial charge in [0.25, 0.3) is 0 Å². The molecule has 6 heterocycles. The number of rotatable bonds is 13. The van der Waals surface area contributed by atoms with E-state index < -0.39 is 0 Å².